The van der Waals surface area contributed by atoms with Crippen LogP contribution in [0.3, 0.4) is 0 Å². The van der Waals surface area contributed by atoms with E-state index in [1.54, 1.807) is 0 Å². The lowest BCUT2D eigenvalue weighted by atomic mass is 10.1. The highest BCUT2D eigenvalue weighted by Crippen LogP contribution is 2.34. The van der Waals surface area contributed by atoms with Gasteiger partial charge in [0.15, 0.2) is 0 Å². The summed E-state index contributed by atoms with van der Waals surface area (Å²) in [5.74, 6) is 0.107. The number of carbonyl (C=O) groups is 1. The van der Waals surface area contributed by atoms with Gasteiger partial charge in [-0.05, 0) is 44.6 Å². The van der Waals surface area contributed by atoms with Crippen molar-refractivity contribution < 1.29 is 9.53 Å². The van der Waals surface area contributed by atoms with E-state index in [0.717, 1.165) is 45.3 Å². The number of hydrogen-bond acceptors (Lipinski definition) is 3. The van der Waals surface area contributed by atoms with Crippen LogP contribution >= 0.6 is 12.4 Å². The quantitative estimate of drug-likeness (QED) is 0.866. The van der Waals surface area contributed by atoms with Crippen molar-refractivity contribution >= 4 is 18.3 Å². The van der Waals surface area contributed by atoms with E-state index in [4.69, 9.17) is 10.5 Å². The highest BCUT2D eigenvalue weighted by atomic mass is 35.5. The predicted molar refractivity (Wildman–Crippen MR) is 93.8 cm³/mol. The molecule has 0 radical (unpaired) electrons. The van der Waals surface area contributed by atoms with Crippen LogP contribution in [0.15, 0.2) is 24.3 Å². The number of hydrogen-bond donors (Lipinski definition) is 1. The normalized spacial score (nSPS) is 21.6. The van der Waals surface area contributed by atoms with Gasteiger partial charge in [-0.2, -0.15) is 0 Å². The first-order valence-electron chi connectivity index (χ1n) is 8.32. The fourth-order valence-corrected chi connectivity index (χ4v) is 2.99. The molecule has 0 aromatic heterocycles. The maximum absolute atomic E-state index is 12.6. The molecule has 128 valence electrons. The van der Waals surface area contributed by atoms with Gasteiger partial charge in [-0.1, -0.05) is 29.8 Å². The minimum atomic E-state index is -0.591. The number of rotatable bonds is 6. The molecule has 2 aliphatic rings. The second-order valence-electron chi connectivity index (χ2n) is 6.78. The molecule has 3 rings (SSSR count). The number of aryl methyl sites for hydroxylation is 1. The van der Waals surface area contributed by atoms with Crippen LogP contribution in [-0.4, -0.2) is 42.1 Å². The van der Waals surface area contributed by atoms with Crippen molar-refractivity contribution in [1.29, 1.82) is 0 Å². The van der Waals surface area contributed by atoms with E-state index in [2.05, 4.69) is 31.2 Å². The van der Waals surface area contributed by atoms with Gasteiger partial charge in [0.1, 0.15) is 0 Å². The third-order valence-corrected chi connectivity index (χ3v) is 4.74. The molecule has 1 aliphatic heterocycles. The van der Waals surface area contributed by atoms with E-state index < -0.39 is 5.54 Å². The zero-order valence-electron chi connectivity index (χ0n) is 13.8. The first-order chi connectivity index (χ1) is 10.6. The topological polar surface area (TPSA) is 55.6 Å². The molecule has 1 heterocycles. The second kappa shape index (κ2) is 7.65. The Hall–Kier alpha value is -1.10. The Balaban J connectivity index is 0.00000192. The van der Waals surface area contributed by atoms with Gasteiger partial charge in [-0.3, -0.25) is 4.79 Å². The fourth-order valence-electron chi connectivity index (χ4n) is 2.99. The largest absolute Gasteiger partial charge is 0.376 e. The van der Waals surface area contributed by atoms with Crippen LogP contribution in [-0.2, 0) is 16.0 Å². The predicted octanol–water partition coefficient (Wildman–Crippen LogP) is 2.46. The van der Waals surface area contributed by atoms with Crippen LogP contribution in [0.2, 0.25) is 0 Å². The monoisotopic (exact) mass is 338 g/mol. The zero-order chi connectivity index (χ0) is 15.6. The third-order valence-electron chi connectivity index (χ3n) is 4.74. The molecule has 1 amide bonds. The van der Waals surface area contributed by atoms with Crippen LogP contribution in [0.4, 0.5) is 0 Å². The Morgan fingerprint density at radius 1 is 1.35 bits per heavy atom. The summed E-state index contributed by atoms with van der Waals surface area (Å²) in [6, 6.07) is 8.51. The van der Waals surface area contributed by atoms with E-state index in [9.17, 15) is 4.79 Å². The Morgan fingerprint density at radius 3 is 2.61 bits per heavy atom. The van der Waals surface area contributed by atoms with Crippen molar-refractivity contribution in [2.75, 3.05) is 19.7 Å². The van der Waals surface area contributed by atoms with Gasteiger partial charge in [0.25, 0.3) is 0 Å². The van der Waals surface area contributed by atoms with Gasteiger partial charge in [-0.15, -0.1) is 12.4 Å². The molecule has 0 bridgehead atoms. The molecular formula is C18H27ClN2O2. The first-order valence-corrected chi connectivity index (χ1v) is 8.32. The summed E-state index contributed by atoms with van der Waals surface area (Å²) in [4.78, 5) is 14.6. The van der Waals surface area contributed by atoms with Crippen LogP contribution in [0.1, 0.15) is 36.8 Å². The van der Waals surface area contributed by atoms with Crippen molar-refractivity contribution in [1.82, 2.24) is 4.90 Å². The Morgan fingerprint density at radius 2 is 2.04 bits per heavy atom. The maximum Gasteiger partial charge on any atom is 0.242 e. The Kier molecular flexibility index (Phi) is 6.06. The summed E-state index contributed by atoms with van der Waals surface area (Å²) in [7, 11) is 0. The molecule has 4 nitrogen and oxygen atoms in total. The zero-order valence-corrected chi connectivity index (χ0v) is 14.6. The molecule has 1 saturated carbocycles. The molecule has 1 aliphatic carbocycles. The summed E-state index contributed by atoms with van der Waals surface area (Å²) in [5.41, 5.74) is 8.05. The SMILES string of the molecule is Cc1ccc(CCN(CC2CCCO2)C(=O)C2(N)CC2)cc1.Cl. The van der Waals surface area contributed by atoms with Crippen molar-refractivity contribution in [3.05, 3.63) is 35.4 Å². The average molecular weight is 339 g/mol. The van der Waals surface area contributed by atoms with Crippen molar-refractivity contribution in [2.45, 2.75) is 50.7 Å². The summed E-state index contributed by atoms with van der Waals surface area (Å²) in [5, 5.41) is 0. The maximum atomic E-state index is 12.6. The molecule has 0 spiro atoms. The molecule has 1 aromatic rings. The standard InChI is InChI=1S/C18H26N2O2.ClH/c1-14-4-6-15(7-5-14)8-11-20(13-16-3-2-12-22-16)17(21)18(19)9-10-18;/h4-7,16H,2-3,8-13,19H2,1H3;1H. The first kappa shape index (κ1) is 18.2. The number of nitrogens with zero attached hydrogens (tertiary/aromatic N) is 1. The van der Waals surface area contributed by atoms with Crippen molar-refractivity contribution in [2.24, 2.45) is 5.73 Å². The van der Waals surface area contributed by atoms with E-state index in [-0.39, 0.29) is 24.4 Å². The molecular weight excluding hydrogens is 312 g/mol. The van der Waals surface area contributed by atoms with Crippen LogP contribution < -0.4 is 5.73 Å². The van der Waals surface area contributed by atoms with Crippen molar-refractivity contribution in [3.63, 3.8) is 0 Å². The van der Waals surface area contributed by atoms with E-state index >= 15 is 0 Å². The molecule has 1 atom stereocenters. The van der Waals surface area contributed by atoms with Crippen LogP contribution in [0.25, 0.3) is 0 Å². The lowest BCUT2D eigenvalue weighted by Gasteiger charge is -2.28. The summed E-state index contributed by atoms with van der Waals surface area (Å²) < 4.78 is 5.70. The molecule has 1 aromatic carbocycles. The number of ether oxygens (including phenoxy) is 1. The fraction of sp³-hybridized carbons (Fsp3) is 0.611. The highest BCUT2D eigenvalue weighted by molar-refractivity contribution is 5.89. The molecule has 23 heavy (non-hydrogen) atoms. The summed E-state index contributed by atoms with van der Waals surface area (Å²) in [6.45, 7) is 4.31. The van der Waals surface area contributed by atoms with E-state index in [0.29, 0.717) is 6.54 Å². The second-order valence-corrected chi connectivity index (χ2v) is 6.78. The number of benzene rings is 1. The van der Waals surface area contributed by atoms with Gasteiger partial charge in [0.05, 0.1) is 11.6 Å². The van der Waals surface area contributed by atoms with E-state index in [1.165, 1.54) is 11.1 Å². The Labute approximate surface area is 144 Å². The molecule has 5 heteroatoms. The lowest BCUT2D eigenvalue weighted by molar-refractivity contribution is -0.135. The van der Waals surface area contributed by atoms with Crippen molar-refractivity contribution in [3.8, 4) is 0 Å². The molecule has 2 fully saturated rings. The van der Waals surface area contributed by atoms with E-state index in [1.807, 2.05) is 4.90 Å². The number of carbonyl (C=O) groups excluding carboxylic acids is 1. The van der Waals surface area contributed by atoms with Gasteiger partial charge in [0.2, 0.25) is 5.91 Å². The van der Waals surface area contributed by atoms with Crippen LogP contribution in [0.5, 0.6) is 0 Å². The average Bonchev–Trinajstić information content (AvgIpc) is 3.06. The van der Waals surface area contributed by atoms with Gasteiger partial charge >= 0.3 is 0 Å². The summed E-state index contributed by atoms with van der Waals surface area (Å²) >= 11 is 0. The molecule has 2 N–H and O–H groups in total. The lowest BCUT2D eigenvalue weighted by Crippen LogP contribution is -2.49. The number of halogens is 1. The van der Waals surface area contributed by atoms with Gasteiger partial charge < -0.3 is 15.4 Å². The van der Waals surface area contributed by atoms with Gasteiger partial charge in [-0.25, -0.2) is 0 Å². The summed E-state index contributed by atoms with van der Waals surface area (Å²) in [6.07, 6.45) is 4.83. The molecule has 1 unspecified atom stereocenters. The minimum Gasteiger partial charge on any atom is -0.376 e. The highest BCUT2D eigenvalue weighted by Gasteiger charge is 2.48. The van der Waals surface area contributed by atoms with Crippen LogP contribution in [0, 0.1) is 6.92 Å². The molecule has 1 saturated heterocycles. The van der Waals surface area contributed by atoms with Gasteiger partial charge in [0, 0.05) is 19.7 Å². The minimum absolute atomic E-state index is 0. The number of amides is 1. The third kappa shape index (κ3) is 4.69. The number of nitrogens with two attached hydrogens (primary N) is 1. The smallest absolute Gasteiger partial charge is 0.242 e. The Bertz CT molecular complexity index is 522.